The van der Waals surface area contributed by atoms with Crippen molar-refractivity contribution in [1.29, 1.82) is 0 Å². The number of hydrogen-bond acceptors (Lipinski definition) is 5. The Balaban J connectivity index is 1.76. The molecule has 0 aliphatic carbocycles. The van der Waals surface area contributed by atoms with E-state index in [2.05, 4.69) is 9.97 Å². The summed E-state index contributed by atoms with van der Waals surface area (Å²) in [7, 11) is 0. The van der Waals surface area contributed by atoms with Crippen LogP contribution in [-0.2, 0) is 0 Å². The van der Waals surface area contributed by atoms with Crippen molar-refractivity contribution in [3.63, 3.8) is 0 Å². The van der Waals surface area contributed by atoms with Gasteiger partial charge in [0.1, 0.15) is 11.4 Å². The van der Waals surface area contributed by atoms with Gasteiger partial charge >= 0.3 is 5.76 Å². The molecule has 0 aliphatic heterocycles. The molecular weight excluding hydrogens is 350 g/mol. The molecule has 1 N–H and O–H groups in total. The monoisotopic (exact) mass is 361 g/mol. The Hall–Kier alpha value is -3.45. The van der Waals surface area contributed by atoms with Crippen molar-refractivity contribution in [2.75, 3.05) is 0 Å². The van der Waals surface area contributed by atoms with Gasteiger partial charge in [0.2, 0.25) is 0 Å². The standard InChI is InChI=1S/C19H11N3O3S/c23-9-14-17(11-4-2-1-3-5-11)21-18-22(14)15(10-26-18)12-6-7-13-16(8-12)25-19(24)20-13/h1-10H,(H,20,24). The molecule has 5 aromatic rings. The highest BCUT2D eigenvalue weighted by atomic mass is 32.1. The van der Waals surface area contributed by atoms with Gasteiger partial charge in [0.05, 0.1) is 11.2 Å². The molecule has 126 valence electrons. The molecule has 7 heteroatoms. The number of nitrogens with one attached hydrogen (secondary N) is 1. The summed E-state index contributed by atoms with van der Waals surface area (Å²) < 4.78 is 6.99. The number of nitrogens with zero attached hydrogens (tertiary/aromatic N) is 2. The molecule has 0 fully saturated rings. The maximum Gasteiger partial charge on any atom is 0.417 e. The number of aromatic nitrogens is 3. The predicted molar refractivity (Wildman–Crippen MR) is 99.7 cm³/mol. The SMILES string of the molecule is O=Cc1c(-c2ccccc2)nc2scc(-c3ccc4[nH]c(=O)oc4c3)n12. The van der Waals surface area contributed by atoms with E-state index in [1.807, 2.05) is 46.2 Å². The van der Waals surface area contributed by atoms with E-state index in [0.717, 1.165) is 28.1 Å². The molecule has 2 aromatic carbocycles. The minimum absolute atomic E-state index is 0.475. The van der Waals surface area contributed by atoms with Gasteiger partial charge in [-0.1, -0.05) is 36.4 Å². The van der Waals surface area contributed by atoms with E-state index in [1.54, 1.807) is 12.1 Å². The van der Waals surface area contributed by atoms with Crippen molar-refractivity contribution in [1.82, 2.24) is 14.4 Å². The zero-order chi connectivity index (χ0) is 17.7. The van der Waals surface area contributed by atoms with Gasteiger partial charge in [0.25, 0.3) is 0 Å². The topological polar surface area (TPSA) is 80.4 Å². The molecule has 0 unspecified atom stereocenters. The summed E-state index contributed by atoms with van der Waals surface area (Å²) in [4.78, 5) is 31.2. The van der Waals surface area contributed by atoms with Crippen LogP contribution >= 0.6 is 11.3 Å². The number of aldehydes is 1. The Morgan fingerprint density at radius 1 is 1.12 bits per heavy atom. The Morgan fingerprint density at radius 2 is 1.96 bits per heavy atom. The highest BCUT2D eigenvalue weighted by Crippen LogP contribution is 2.33. The highest BCUT2D eigenvalue weighted by molar-refractivity contribution is 7.15. The van der Waals surface area contributed by atoms with Gasteiger partial charge in [0.15, 0.2) is 16.8 Å². The van der Waals surface area contributed by atoms with Crippen LogP contribution in [0.4, 0.5) is 0 Å². The summed E-state index contributed by atoms with van der Waals surface area (Å²) in [6.07, 6.45) is 0.827. The van der Waals surface area contributed by atoms with Crippen molar-refractivity contribution in [2.45, 2.75) is 0 Å². The van der Waals surface area contributed by atoms with E-state index in [4.69, 9.17) is 4.42 Å². The first-order valence-electron chi connectivity index (χ1n) is 7.88. The molecule has 3 aromatic heterocycles. The Bertz CT molecular complexity index is 1320. The van der Waals surface area contributed by atoms with Gasteiger partial charge in [-0.3, -0.25) is 14.2 Å². The zero-order valence-corrected chi connectivity index (χ0v) is 14.1. The second-order valence-corrected chi connectivity index (χ2v) is 6.63. The Morgan fingerprint density at radius 3 is 2.77 bits per heavy atom. The third kappa shape index (κ3) is 2.14. The lowest BCUT2D eigenvalue weighted by atomic mass is 10.1. The van der Waals surface area contributed by atoms with Crippen molar-refractivity contribution in [2.24, 2.45) is 0 Å². The zero-order valence-electron chi connectivity index (χ0n) is 13.3. The molecule has 0 saturated carbocycles. The maximum absolute atomic E-state index is 11.9. The van der Waals surface area contributed by atoms with Crippen LogP contribution in [0.25, 0.3) is 38.6 Å². The van der Waals surface area contributed by atoms with Crippen molar-refractivity contribution in [3.05, 3.63) is 70.2 Å². The quantitative estimate of drug-likeness (QED) is 0.493. The second kappa shape index (κ2) is 5.53. The molecule has 0 bridgehead atoms. The molecule has 0 atom stereocenters. The fourth-order valence-electron chi connectivity index (χ4n) is 3.10. The van der Waals surface area contributed by atoms with Crippen LogP contribution in [0, 0.1) is 0 Å². The smallest absolute Gasteiger partial charge is 0.408 e. The molecule has 0 radical (unpaired) electrons. The third-order valence-electron chi connectivity index (χ3n) is 4.27. The van der Waals surface area contributed by atoms with Gasteiger partial charge in [-0.15, -0.1) is 11.3 Å². The number of benzene rings is 2. The van der Waals surface area contributed by atoms with Crippen LogP contribution in [0.3, 0.4) is 0 Å². The summed E-state index contributed by atoms with van der Waals surface area (Å²) in [6.45, 7) is 0. The number of rotatable bonds is 3. The summed E-state index contributed by atoms with van der Waals surface area (Å²) in [5.74, 6) is -0.491. The van der Waals surface area contributed by atoms with E-state index >= 15 is 0 Å². The Labute approximate surface area is 150 Å². The van der Waals surface area contributed by atoms with Crippen molar-refractivity contribution in [3.8, 4) is 22.5 Å². The van der Waals surface area contributed by atoms with Crippen LogP contribution in [0.15, 0.2) is 63.1 Å². The molecule has 0 aliphatic rings. The lowest BCUT2D eigenvalue weighted by Crippen LogP contribution is -1.94. The van der Waals surface area contributed by atoms with Crippen LogP contribution in [0.1, 0.15) is 10.5 Å². The average molecular weight is 361 g/mol. The summed E-state index contributed by atoms with van der Waals surface area (Å²) in [6, 6.07) is 15.1. The number of fused-ring (bicyclic) bond motifs is 2. The normalized spacial score (nSPS) is 11.4. The number of oxazole rings is 1. The number of carbonyl (C=O) groups is 1. The minimum Gasteiger partial charge on any atom is -0.408 e. The van der Waals surface area contributed by atoms with E-state index in [0.29, 0.717) is 22.5 Å². The maximum atomic E-state index is 11.9. The Kier molecular flexibility index (Phi) is 3.16. The van der Waals surface area contributed by atoms with E-state index in [1.165, 1.54) is 11.3 Å². The van der Waals surface area contributed by atoms with Gasteiger partial charge < -0.3 is 4.42 Å². The van der Waals surface area contributed by atoms with Gasteiger partial charge in [-0.05, 0) is 12.1 Å². The van der Waals surface area contributed by atoms with E-state index in [-0.39, 0.29) is 0 Å². The summed E-state index contributed by atoms with van der Waals surface area (Å²) in [5, 5.41) is 1.94. The number of imidazole rings is 1. The van der Waals surface area contributed by atoms with Gasteiger partial charge in [-0.25, -0.2) is 9.78 Å². The second-order valence-electron chi connectivity index (χ2n) is 5.79. The number of thiazole rings is 1. The molecule has 0 saturated heterocycles. The molecule has 0 amide bonds. The van der Waals surface area contributed by atoms with E-state index in [9.17, 15) is 9.59 Å². The van der Waals surface area contributed by atoms with E-state index < -0.39 is 5.76 Å². The van der Waals surface area contributed by atoms with Crippen molar-refractivity contribution >= 4 is 33.7 Å². The number of carbonyl (C=O) groups excluding carboxylic acids is 1. The first-order chi connectivity index (χ1) is 12.7. The molecule has 0 spiro atoms. The lowest BCUT2D eigenvalue weighted by Gasteiger charge is -2.02. The minimum atomic E-state index is -0.491. The van der Waals surface area contributed by atoms with Crippen LogP contribution in [0.2, 0.25) is 0 Å². The summed E-state index contributed by atoms with van der Waals surface area (Å²) in [5.41, 5.74) is 4.82. The van der Waals surface area contributed by atoms with Crippen molar-refractivity contribution < 1.29 is 9.21 Å². The molecule has 6 nitrogen and oxygen atoms in total. The largest absolute Gasteiger partial charge is 0.417 e. The summed E-state index contributed by atoms with van der Waals surface area (Å²) >= 11 is 1.46. The van der Waals surface area contributed by atoms with Gasteiger partial charge in [0, 0.05) is 16.5 Å². The fraction of sp³-hybridized carbons (Fsp3) is 0. The number of aromatic amines is 1. The molecule has 5 rings (SSSR count). The van der Waals surface area contributed by atoms with Gasteiger partial charge in [-0.2, -0.15) is 0 Å². The third-order valence-corrected chi connectivity index (χ3v) is 5.10. The molecule has 26 heavy (non-hydrogen) atoms. The van der Waals surface area contributed by atoms with Crippen LogP contribution < -0.4 is 5.76 Å². The van der Waals surface area contributed by atoms with Crippen LogP contribution in [-0.4, -0.2) is 20.7 Å². The van der Waals surface area contributed by atoms with Crippen LogP contribution in [0.5, 0.6) is 0 Å². The lowest BCUT2D eigenvalue weighted by molar-refractivity contribution is 0.111. The highest BCUT2D eigenvalue weighted by Gasteiger charge is 2.18. The fourth-order valence-corrected chi connectivity index (χ4v) is 4.01. The molecule has 3 heterocycles. The number of H-pyrrole nitrogens is 1. The predicted octanol–water partition coefficient (Wildman–Crippen LogP) is 3.98. The average Bonchev–Trinajstić information content (AvgIpc) is 3.33. The first-order valence-corrected chi connectivity index (χ1v) is 8.76. The number of hydrogen-bond donors (Lipinski definition) is 1. The first kappa shape index (κ1) is 14.9. The molecular formula is C19H11N3O3S.